The lowest BCUT2D eigenvalue weighted by Gasteiger charge is -2.14. The molecule has 0 aliphatic carbocycles. The van der Waals surface area contributed by atoms with Gasteiger partial charge in [0.15, 0.2) is 0 Å². The van der Waals surface area contributed by atoms with E-state index in [9.17, 15) is 59.9 Å². The van der Waals surface area contributed by atoms with Gasteiger partial charge in [-0.15, -0.1) is 0 Å². The van der Waals surface area contributed by atoms with Crippen molar-refractivity contribution in [1.82, 2.24) is 13.7 Å². The van der Waals surface area contributed by atoms with Crippen LogP contribution >= 0.6 is 0 Å². The fourth-order valence-electron chi connectivity index (χ4n) is 8.54. The number of aliphatic hydroxyl groups is 3. The summed E-state index contributed by atoms with van der Waals surface area (Å²) in [5.41, 5.74) is 7.68. The highest BCUT2D eigenvalue weighted by molar-refractivity contribution is 6.05. The zero-order valence-electron chi connectivity index (χ0n) is 48.1. The lowest BCUT2D eigenvalue weighted by molar-refractivity contribution is -0.167. The highest BCUT2D eigenvalue weighted by Gasteiger charge is 2.39. The molecule has 26 heteroatoms. The van der Waals surface area contributed by atoms with Crippen molar-refractivity contribution in [1.29, 1.82) is 0 Å². The van der Waals surface area contributed by atoms with Crippen molar-refractivity contribution >= 4 is 90.0 Å². The summed E-state index contributed by atoms with van der Waals surface area (Å²) in [5.74, 6) is -4.62. The molecule has 0 fully saturated rings. The predicted octanol–water partition coefficient (Wildman–Crippen LogP) is 10.3. The average Bonchev–Trinajstić information content (AvgIpc) is 0.852. The van der Waals surface area contributed by atoms with Gasteiger partial charge in [0.2, 0.25) is 5.91 Å². The van der Waals surface area contributed by atoms with E-state index in [2.05, 4.69) is 40.9 Å². The van der Waals surface area contributed by atoms with Gasteiger partial charge in [-0.3, -0.25) is 33.6 Å². The molecule has 1 unspecified atom stereocenters. The summed E-state index contributed by atoms with van der Waals surface area (Å²) in [6.07, 6.45) is -3.16. The Morgan fingerprint density at radius 1 is 0.511 bits per heavy atom. The first-order valence-corrected chi connectivity index (χ1v) is 27.1. The molecule has 10 aromatic rings. The van der Waals surface area contributed by atoms with E-state index in [-0.39, 0.29) is 110 Å². The van der Waals surface area contributed by atoms with Crippen molar-refractivity contribution < 1.29 is 70.4 Å². The molecule has 0 bridgehead atoms. The number of anilines is 4. The fraction of sp³-hybridized carbons (Fsp3) is 0.212. The summed E-state index contributed by atoms with van der Waals surface area (Å²) in [6.45, 7) is 4.01. The number of hydrogen-bond donors (Lipinski definition) is 8. The zero-order chi connectivity index (χ0) is 66.1. The Hall–Kier alpha value is -10.7. The fourth-order valence-corrected chi connectivity index (χ4v) is 8.54. The zero-order valence-corrected chi connectivity index (χ0v) is 48.1. The molecule has 10 rings (SSSR count). The first-order chi connectivity index (χ1) is 42.9. The summed E-state index contributed by atoms with van der Waals surface area (Å²) in [6, 6.07) is 44.9. The van der Waals surface area contributed by atoms with Crippen LogP contribution in [0.15, 0.2) is 206 Å². The number of halogens is 6. The lowest BCUT2D eigenvalue weighted by atomic mass is 10.00. The highest BCUT2D eigenvalue weighted by atomic mass is 19.4. The molecule has 0 aliphatic rings. The summed E-state index contributed by atoms with van der Waals surface area (Å²) < 4.78 is 81.9. The van der Waals surface area contributed by atoms with E-state index in [1.807, 2.05) is 43.3 Å². The quantitative estimate of drug-likeness (QED) is 0.0321. The molecule has 92 heavy (non-hydrogen) atoms. The molecule has 4 heterocycles. The second-order valence-electron chi connectivity index (χ2n) is 18.9. The van der Waals surface area contributed by atoms with Gasteiger partial charge in [0.25, 0.3) is 23.2 Å². The number of amides is 3. The van der Waals surface area contributed by atoms with Crippen molar-refractivity contribution in [3.8, 4) is 0 Å². The Balaban J connectivity index is 0.000000304. The Morgan fingerprint density at radius 3 is 1.26 bits per heavy atom. The average molecular weight is 1280 g/mol. The molecule has 488 valence electrons. The largest absolute Gasteiger partial charge is 0.483 e. The van der Waals surface area contributed by atoms with Crippen LogP contribution in [0.3, 0.4) is 0 Å². The van der Waals surface area contributed by atoms with Gasteiger partial charge in [-0.2, -0.15) is 26.3 Å². The number of aryl methyl sites for hydroxylation is 1. The third-order valence-corrected chi connectivity index (χ3v) is 13.1. The first-order valence-electron chi connectivity index (χ1n) is 27.1. The van der Waals surface area contributed by atoms with Gasteiger partial charge in [-0.1, -0.05) is 107 Å². The molecule has 6 aromatic carbocycles. The van der Waals surface area contributed by atoms with Crippen LogP contribution in [-0.2, 0) is 45.2 Å². The van der Waals surface area contributed by atoms with Gasteiger partial charge in [0.05, 0.1) is 37.4 Å². The summed E-state index contributed by atoms with van der Waals surface area (Å²) in [4.78, 5) is 90.4. The highest BCUT2D eigenvalue weighted by Crippen LogP contribution is 2.27. The number of fused-ring (bicyclic) bond motifs is 4. The summed E-state index contributed by atoms with van der Waals surface area (Å²) >= 11 is 0. The van der Waals surface area contributed by atoms with Crippen LogP contribution in [-0.4, -0.2) is 90.5 Å². The first kappa shape index (κ1) is 75.5. The maximum atomic E-state index is 12.6. The topological polar surface area (TPSA) is 308 Å². The van der Waals surface area contributed by atoms with E-state index in [0.29, 0.717) is 34.1 Å². The molecule has 20 nitrogen and oxygen atoms in total. The van der Waals surface area contributed by atoms with E-state index < -0.39 is 35.4 Å². The van der Waals surface area contributed by atoms with E-state index in [1.165, 1.54) is 74.0 Å². The number of aliphatic hydroxyl groups excluding tert-OH is 3. The second kappa shape index (κ2) is 36.1. The van der Waals surface area contributed by atoms with Crippen LogP contribution < -0.4 is 44.0 Å². The number of pyridine rings is 3. The Labute approximate surface area is 522 Å². The number of carbonyl (C=O) groups excluding carboxylic acids is 3. The molecule has 4 aromatic heterocycles. The van der Waals surface area contributed by atoms with E-state index in [4.69, 9.17) is 31.0 Å². The van der Waals surface area contributed by atoms with Crippen LogP contribution in [0.2, 0.25) is 0 Å². The third-order valence-electron chi connectivity index (χ3n) is 13.1. The molecule has 0 aliphatic heterocycles. The number of rotatable bonds is 12. The standard InChI is InChI=1S/C20H20N2O3.C13H11F3N2O3.C11H6F3NO3.C11H12N2O2.C8H10.CH2O2.2CH4/c1-14(15-6-3-2-4-7-15)19(24)21-18-9-5-8-17-16(18)10-11-22(12-13-23)20(17)25;14-13(15,16)12(21)17-10-3-1-2-9-8(10)4-5-18(6-7-19)11(9)20;12-11(13,14)10(17)15-8-3-1-2-7-6(8)4-5-18-9(7)16;12-10-3-1-2-9-8(10)4-5-13(6-7-14)11(9)15;1-2-8-6-4-3-5-7-8;2-1-3;;/h2-11,14,23H,12-13H2,1H3,(H,21,24);1-5,19H,6-7H2,(H,17,21);1-5H,(H,15,17);1-5,14H,6-7,12H2;3-7H,2H2,1H3;1H,(H,2,3);2*1H4. The van der Waals surface area contributed by atoms with Crippen molar-refractivity contribution in [3.05, 3.63) is 235 Å². The number of nitrogens with two attached hydrogens (primary N) is 1. The van der Waals surface area contributed by atoms with Crippen LogP contribution in [0, 0.1) is 0 Å². The van der Waals surface area contributed by atoms with Crippen molar-refractivity contribution in [2.45, 2.75) is 73.0 Å². The number of carbonyl (C=O) groups is 4. The third kappa shape index (κ3) is 20.7. The molecular weight excluding hydrogens is 1210 g/mol. The number of nitrogen functional groups attached to an aromatic ring is 1. The van der Waals surface area contributed by atoms with Gasteiger partial charge < -0.3 is 60.2 Å². The van der Waals surface area contributed by atoms with E-state index in [1.54, 1.807) is 71.6 Å². The minimum absolute atomic E-state index is 0. The number of alkyl halides is 6. The Bertz CT molecular complexity index is 4310. The Kier molecular flexibility index (Phi) is 29.6. The smallest absolute Gasteiger partial charge is 0.471 e. The van der Waals surface area contributed by atoms with E-state index >= 15 is 0 Å². The van der Waals surface area contributed by atoms with Crippen molar-refractivity contribution in [3.63, 3.8) is 0 Å². The number of benzene rings is 6. The van der Waals surface area contributed by atoms with Gasteiger partial charge >= 0.3 is 29.8 Å². The predicted molar refractivity (Wildman–Crippen MR) is 344 cm³/mol. The molecule has 3 amide bonds. The van der Waals surface area contributed by atoms with Crippen molar-refractivity contribution in [2.24, 2.45) is 0 Å². The number of nitrogens with zero attached hydrogens (tertiary/aromatic N) is 3. The monoisotopic (exact) mass is 1280 g/mol. The van der Waals surface area contributed by atoms with Crippen LogP contribution in [0.5, 0.6) is 0 Å². The molecule has 0 saturated heterocycles. The van der Waals surface area contributed by atoms with Crippen LogP contribution in [0.25, 0.3) is 43.1 Å². The molecule has 9 N–H and O–H groups in total. The van der Waals surface area contributed by atoms with Gasteiger partial charge in [-0.05, 0) is 97.3 Å². The number of aromatic nitrogens is 3. The minimum Gasteiger partial charge on any atom is -0.483 e. The molecular formula is C66H69F6N7O13. The number of hydrogen-bond acceptors (Lipinski definition) is 13. The SMILES string of the molecule is C.C.CC(C(=O)Nc1cccc2c(=O)n(CCO)ccc12)c1ccccc1.CCc1ccccc1.Nc1cccc2c(=O)n(CCO)ccc12.O=C(Nc1cccc2c(=O)n(CCO)ccc12)C(F)(F)F.O=C(Nc1cccc2c(=O)occc12)C(F)(F)F.O=CO. The summed E-state index contributed by atoms with van der Waals surface area (Å²) in [5, 5.41) is 43.1. The van der Waals surface area contributed by atoms with Crippen LogP contribution in [0.1, 0.15) is 45.7 Å². The maximum absolute atomic E-state index is 12.6. The number of nitrogens with one attached hydrogen (secondary N) is 3. The molecule has 0 spiro atoms. The van der Waals surface area contributed by atoms with Gasteiger partial charge in [0, 0.05) is 98.7 Å². The second-order valence-corrected chi connectivity index (χ2v) is 18.9. The minimum atomic E-state index is -5.01. The van der Waals surface area contributed by atoms with Gasteiger partial charge in [0.1, 0.15) is 0 Å². The molecule has 0 saturated carbocycles. The normalized spacial score (nSPS) is 10.9. The van der Waals surface area contributed by atoms with E-state index in [0.717, 1.165) is 23.6 Å². The molecule has 0 radical (unpaired) electrons. The summed E-state index contributed by atoms with van der Waals surface area (Å²) in [7, 11) is 0. The number of carboxylic acid groups (broad SMARTS) is 1. The maximum Gasteiger partial charge on any atom is 0.471 e. The van der Waals surface area contributed by atoms with Crippen molar-refractivity contribution in [2.75, 3.05) is 41.5 Å². The Morgan fingerprint density at radius 2 is 0.870 bits per heavy atom. The van der Waals surface area contributed by atoms with Gasteiger partial charge in [-0.25, -0.2) is 4.79 Å². The van der Waals surface area contributed by atoms with Crippen LogP contribution in [0.4, 0.5) is 49.1 Å². The molecule has 1 atom stereocenters. The lowest BCUT2D eigenvalue weighted by Crippen LogP contribution is -2.30.